The highest BCUT2D eigenvalue weighted by Gasteiger charge is 1.93. The normalized spacial score (nSPS) is 16.0. The van der Waals surface area contributed by atoms with Gasteiger partial charge in [0.1, 0.15) is 0 Å². The first-order valence-electron chi connectivity index (χ1n) is 4.58. The number of ether oxygens (including phenoxy) is 2. The highest BCUT2D eigenvalue weighted by Crippen LogP contribution is 1.85. The second-order valence-corrected chi connectivity index (χ2v) is 3.02. The number of morpholine rings is 1. The molecule has 0 amide bonds. The van der Waals surface area contributed by atoms with Crippen LogP contribution in [0.3, 0.4) is 0 Å². The van der Waals surface area contributed by atoms with Crippen LogP contribution in [0, 0.1) is 0 Å². The van der Waals surface area contributed by atoms with Gasteiger partial charge in [0.15, 0.2) is 0 Å². The van der Waals surface area contributed by atoms with E-state index in [1.165, 1.54) is 6.92 Å². The Morgan fingerprint density at radius 1 is 1.38 bits per heavy atom. The molecule has 0 spiro atoms. The lowest BCUT2D eigenvalue weighted by molar-refractivity contribution is -0.144. The molecule has 1 aliphatic heterocycles. The maximum Gasteiger partial charge on any atom is 0.302 e. The van der Waals surface area contributed by atoms with Crippen LogP contribution in [0.4, 0.5) is 0 Å². The van der Waals surface area contributed by atoms with Gasteiger partial charge in [-0.15, -0.1) is 0 Å². The maximum absolute atomic E-state index is 10.0. The molecule has 1 fully saturated rings. The molecule has 0 aromatic rings. The Morgan fingerprint density at radius 2 is 1.92 bits per heavy atom. The predicted molar refractivity (Wildman–Crippen MR) is 50.6 cm³/mol. The minimum atomic E-state index is -0.213. The average molecular weight is 189 g/mol. The van der Waals surface area contributed by atoms with Gasteiger partial charge in [-0.05, 0) is 13.8 Å². The maximum atomic E-state index is 10.0. The number of hydrogen-bond acceptors (Lipinski definition) is 4. The van der Waals surface area contributed by atoms with Crippen molar-refractivity contribution in [2.75, 3.05) is 26.3 Å². The minimum absolute atomic E-state index is 0.0255. The fourth-order valence-electron chi connectivity index (χ4n) is 0.848. The van der Waals surface area contributed by atoms with Crippen molar-refractivity contribution >= 4 is 5.97 Å². The summed E-state index contributed by atoms with van der Waals surface area (Å²) < 4.78 is 9.62. The third-order valence-corrected chi connectivity index (χ3v) is 1.25. The molecule has 78 valence electrons. The Labute approximate surface area is 79.6 Å². The third kappa shape index (κ3) is 11.4. The molecule has 1 aliphatic rings. The summed E-state index contributed by atoms with van der Waals surface area (Å²) in [5, 5.41) is 3.16. The molecule has 4 nitrogen and oxygen atoms in total. The van der Waals surface area contributed by atoms with Gasteiger partial charge in [0.25, 0.3) is 0 Å². The van der Waals surface area contributed by atoms with Crippen LogP contribution < -0.4 is 5.32 Å². The fraction of sp³-hybridized carbons (Fsp3) is 0.889. The molecule has 1 heterocycles. The van der Waals surface area contributed by atoms with Crippen molar-refractivity contribution in [3.05, 3.63) is 0 Å². The van der Waals surface area contributed by atoms with Crippen molar-refractivity contribution in [1.82, 2.24) is 5.32 Å². The van der Waals surface area contributed by atoms with Crippen LogP contribution >= 0.6 is 0 Å². The van der Waals surface area contributed by atoms with E-state index in [9.17, 15) is 4.79 Å². The number of carbonyl (C=O) groups excluding carboxylic acids is 1. The van der Waals surface area contributed by atoms with E-state index in [1.807, 2.05) is 13.8 Å². The van der Waals surface area contributed by atoms with Gasteiger partial charge in [-0.1, -0.05) is 0 Å². The third-order valence-electron chi connectivity index (χ3n) is 1.25. The Balaban J connectivity index is 0.000000223. The highest BCUT2D eigenvalue weighted by atomic mass is 16.5. The van der Waals surface area contributed by atoms with E-state index in [1.54, 1.807) is 0 Å². The Bertz CT molecular complexity index is 121. The molecule has 0 bridgehead atoms. The topological polar surface area (TPSA) is 47.6 Å². The first-order chi connectivity index (χ1) is 6.13. The van der Waals surface area contributed by atoms with Crippen LogP contribution in [0.2, 0.25) is 0 Å². The summed E-state index contributed by atoms with van der Waals surface area (Å²) in [6, 6.07) is 0. The number of rotatable bonds is 1. The minimum Gasteiger partial charge on any atom is -0.463 e. The smallest absolute Gasteiger partial charge is 0.302 e. The van der Waals surface area contributed by atoms with Gasteiger partial charge < -0.3 is 14.8 Å². The molecule has 0 aromatic heterocycles. The van der Waals surface area contributed by atoms with Gasteiger partial charge >= 0.3 is 5.97 Å². The monoisotopic (exact) mass is 189 g/mol. The molecule has 0 atom stereocenters. The van der Waals surface area contributed by atoms with Crippen LogP contribution in [0.5, 0.6) is 0 Å². The van der Waals surface area contributed by atoms with E-state index < -0.39 is 0 Å². The van der Waals surface area contributed by atoms with E-state index in [4.69, 9.17) is 4.74 Å². The van der Waals surface area contributed by atoms with E-state index in [0.717, 1.165) is 26.3 Å². The van der Waals surface area contributed by atoms with Crippen molar-refractivity contribution in [1.29, 1.82) is 0 Å². The van der Waals surface area contributed by atoms with Crippen LogP contribution in [0.25, 0.3) is 0 Å². The number of esters is 1. The van der Waals surface area contributed by atoms with Gasteiger partial charge in [-0.25, -0.2) is 0 Å². The lowest BCUT2D eigenvalue weighted by Crippen LogP contribution is -2.30. The van der Waals surface area contributed by atoms with Crippen LogP contribution in [-0.2, 0) is 14.3 Å². The first-order valence-corrected chi connectivity index (χ1v) is 4.58. The van der Waals surface area contributed by atoms with E-state index in [0.29, 0.717) is 0 Å². The lowest BCUT2D eigenvalue weighted by atomic mass is 10.5. The highest BCUT2D eigenvalue weighted by molar-refractivity contribution is 5.66. The van der Waals surface area contributed by atoms with Crippen molar-refractivity contribution < 1.29 is 14.3 Å². The summed E-state index contributed by atoms with van der Waals surface area (Å²) in [5.74, 6) is -0.213. The quantitative estimate of drug-likeness (QED) is 0.612. The average Bonchev–Trinajstić information content (AvgIpc) is 2.06. The van der Waals surface area contributed by atoms with Gasteiger partial charge in [-0.2, -0.15) is 0 Å². The SMILES string of the molecule is C1COCCN1.CC(=O)OC(C)C. The number of nitrogens with one attached hydrogen (secondary N) is 1. The molecule has 0 aromatic carbocycles. The summed E-state index contributed by atoms with van der Waals surface area (Å²) in [5.41, 5.74) is 0. The molecule has 0 saturated carbocycles. The second-order valence-electron chi connectivity index (χ2n) is 3.02. The van der Waals surface area contributed by atoms with E-state index in [-0.39, 0.29) is 12.1 Å². The Kier molecular flexibility index (Phi) is 7.63. The lowest BCUT2D eigenvalue weighted by Gasteiger charge is -2.10. The largest absolute Gasteiger partial charge is 0.463 e. The molecule has 0 radical (unpaired) electrons. The van der Waals surface area contributed by atoms with Gasteiger partial charge in [-0.3, -0.25) is 4.79 Å². The first kappa shape index (κ1) is 12.4. The van der Waals surface area contributed by atoms with Gasteiger partial charge in [0, 0.05) is 20.0 Å². The van der Waals surface area contributed by atoms with Crippen LogP contribution in [0.15, 0.2) is 0 Å². The zero-order chi connectivity index (χ0) is 10.1. The van der Waals surface area contributed by atoms with Crippen molar-refractivity contribution in [2.24, 2.45) is 0 Å². The predicted octanol–water partition coefficient (Wildman–Crippen LogP) is 0.564. The zero-order valence-corrected chi connectivity index (χ0v) is 8.63. The Morgan fingerprint density at radius 3 is 2.00 bits per heavy atom. The summed E-state index contributed by atoms with van der Waals surface area (Å²) in [6.07, 6.45) is 0.0255. The van der Waals surface area contributed by atoms with Gasteiger partial charge in [0.2, 0.25) is 0 Å². The van der Waals surface area contributed by atoms with E-state index in [2.05, 4.69) is 10.1 Å². The molecule has 1 saturated heterocycles. The van der Waals surface area contributed by atoms with Crippen molar-refractivity contribution in [3.63, 3.8) is 0 Å². The summed E-state index contributed by atoms with van der Waals surface area (Å²) in [7, 11) is 0. The van der Waals surface area contributed by atoms with Gasteiger partial charge in [0.05, 0.1) is 19.3 Å². The second kappa shape index (κ2) is 8.01. The van der Waals surface area contributed by atoms with Crippen molar-refractivity contribution in [2.45, 2.75) is 26.9 Å². The summed E-state index contributed by atoms with van der Waals surface area (Å²) >= 11 is 0. The fourth-order valence-corrected chi connectivity index (χ4v) is 0.848. The molecular weight excluding hydrogens is 170 g/mol. The molecule has 13 heavy (non-hydrogen) atoms. The zero-order valence-electron chi connectivity index (χ0n) is 8.63. The molecule has 0 aliphatic carbocycles. The number of carbonyl (C=O) groups is 1. The summed E-state index contributed by atoms with van der Waals surface area (Å²) in [6.45, 7) is 8.88. The molecule has 4 heteroatoms. The van der Waals surface area contributed by atoms with E-state index >= 15 is 0 Å². The van der Waals surface area contributed by atoms with Crippen molar-refractivity contribution in [3.8, 4) is 0 Å². The number of hydrogen-bond donors (Lipinski definition) is 1. The standard InChI is InChI=1S/C5H10O2.C4H9NO/c1-4(2)7-5(3)6;1-3-6-4-2-5-1/h4H,1-3H3;5H,1-4H2. The molecule has 1 N–H and O–H groups in total. The molecule has 1 rings (SSSR count). The van der Waals surface area contributed by atoms with Crippen LogP contribution in [0.1, 0.15) is 20.8 Å². The molecule has 0 unspecified atom stereocenters. The Hall–Kier alpha value is -0.610. The van der Waals surface area contributed by atoms with Crippen LogP contribution in [-0.4, -0.2) is 38.4 Å². The molecular formula is C9H19NO3. The summed E-state index contributed by atoms with van der Waals surface area (Å²) in [4.78, 5) is 10.0.